The van der Waals surface area contributed by atoms with Gasteiger partial charge in [-0.2, -0.15) is 0 Å². The molecular formula is C13H11F3N2O2S. The van der Waals surface area contributed by atoms with Crippen molar-refractivity contribution in [2.24, 2.45) is 0 Å². The molecule has 0 heterocycles. The molecule has 0 unspecified atom stereocenters. The molecule has 0 aromatic heterocycles. The Balaban J connectivity index is 2.22. The van der Waals surface area contributed by atoms with Crippen LogP contribution < -0.4 is 10.5 Å². The van der Waals surface area contributed by atoms with Gasteiger partial charge >= 0.3 is 0 Å². The molecule has 0 aliphatic heterocycles. The van der Waals surface area contributed by atoms with Gasteiger partial charge in [-0.1, -0.05) is 12.1 Å². The van der Waals surface area contributed by atoms with E-state index in [0.717, 1.165) is 0 Å². The van der Waals surface area contributed by atoms with Crippen LogP contribution in [0, 0.1) is 17.5 Å². The molecule has 0 bridgehead atoms. The van der Waals surface area contributed by atoms with Crippen LogP contribution in [0.4, 0.5) is 18.9 Å². The van der Waals surface area contributed by atoms with Crippen LogP contribution in [-0.4, -0.2) is 8.42 Å². The smallest absolute Gasteiger partial charge is 0.243 e. The van der Waals surface area contributed by atoms with Crippen LogP contribution in [0.3, 0.4) is 0 Å². The first-order chi connectivity index (χ1) is 9.79. The molecule has 4 nitrogen and oxygen atoms in total. The summed E-state index contributed by atoms with van der Waals surface area (Å²) in [5.41, 5.74) is 5.24. The molecule has 2 rings (SSSR count). The molecule has 0 spiro atoms. The lowest BCUT2D eigenvalue weighted by Gasteiger charge is -2.09. The molecule has 2 aromatic rings. The van der Waals surface area contributed by atoms with Gasteiger partial charge in [-0.25, -0.2) is 26.3 Å². The summed E-state index contributed by atoms with van der Waals surface area (Å²) in [6.07, 6.45) is 0. The van der Waals surface area contributed by atoms with Gasteiger partial charge < -0.3 is 5.73 Å². The van der Waals surface area contributed by atoms with E-state index in [-0.39, 0.29) is 6.54 Å². The van der Waals surface area contributed by atoms with Crippen molar-refractivity contribution in [3.63, 3.8) is 0 Å². The number of rotatable bonds is 4. The first kappa shape index (κ1) is 15.3. The Hall–Kier alpha value is -2.06. The lowest BCUT2D eigenvalue weighted by molar-refractivity contribution is 0.544. The zero-order valence-electron chi connectivity index (χ0n) is 10.6. The molecule has 112 valence electrons. The molecule has 0 atom stereocenters. The number of benzene rings is 2. The van der Waals surface area contributed by atoms with E-state index in [1.165, 1.54) is 24.3 Å². The quantitative estimate of drug-likeness (QED) is 0.849. The van der Waals surface area contributed by atoms with Gasteiger partial charge in [0.05, 0.1) is 5.69 Å². The molecule has 21 heavy (non-hydrogen) atoms. The van der Waals surface area contributed by atoms with Crippen LogP contribution in [0.5, 0.6) is 0 Å². The van der Waals surface area contributed by atoms with E-state index in [0.29, 0.717) is 17.7 Å². The van der Waals surface area contributed by atoms with E-state index in [2.05, 4.69) is 4.72 Å². The molecule has 0 aliphatic rings. The highest BCUT2D eigenvalue weighted by Gasteiger charge is 2.21. The van der Waals surface area contributed by atoms with Gasteiger partial charge in [-0.05, 0) is 23.8 Å². The fraction of sp³-hybridized carbons (Fsp3) is 0.0769. The third-order valence-corrected chi connectivity index (χ3v) is 4.14. The van der Waals surface area contributed by atoms with Gasteiger partial charge in [0, 0.05) is 12.6 Å². The van der Waals surface area contributed by atoms with E-state index < -0.39 is 38.1 Å². The molecule has 0 aliphatic carbocycles. The zero-order chi connectivity index (χ0) is 15.6. The van der Waals surface area contributed by atoms with Crippen LogP contribution in [0.15, 0.2) is 41.3 Å². The van der Waals surface area contributed by atoms with Crippen LogP contribution in [0.1, 0.15) is 5.56 Å². The van der Waals surface area contributed by atoms with Gasteiger partial charge in [0.25, 0.3) is 0 Å². The van der Waals surface area contributed by atoms with Crippen molar-refractivity contribution < 1.29 is 21.6 Å². The van der Waals surface area contributed by atoms with E-state index in [9.17, 15) is 21.6 Å². The number of nitrogen functional groups attached to an aromatic ring is 1. The Labute approximate surface area is 119 Å². The molecule has 0 saturated heterocycles. The van der Waals surface area contributed by atoms with Crippen molar-refractivity contribution in [1.82, 2.24) is 4.72 Å². The highest BCUT2D eigenvalue weighted by atomic mass is 32.2. The van der Waals surface area contributed by atoms with Crippen molar-refractivity contribution in [3.05, 3.63) is 59.4 Å². The van der Waals surface area contributed by atoms with E-state index >= 15 is 0 Å². The molecule has 8 heteroatoms. The van der Waals surface area contributed by atoms with Gasteiger partial charge in [-0.15, -0.1) is 0 Å². The number of anilines is 1. The van der Waals surface area contributed by atoms with E-state index in [4.69, 9.17) is 5.73 Å². The van der Waals surface area contributed by atoms with Crippen LogP contribution >= 0.6 is 0 Å². The summed E-state index contributed by atoms with van der Waals surface area (Å²) >= 11 is 0. The molecular weight excluding hydrogens is 305 g/mol. The lowest BCUT2D eigenvalue weighted by Crippen LogP contribution is -2.24. The Morgan fingerprint density at radius 3 is 2.24 bits per heavy atom. The minimum atomic E-state index is -4.20. The Morgan fingerprint density at radius 1 is 1.00 bits per heavy atom. The maximum Gasteiger partial charge on any atom is 0.243 e. The second-order valence-electron chi connectivity index (χ2n) is 4.26. The second-order valence-corrected chi connectivity index (χ2v) is 5.99. The summed E-state index contributed by atoms with van der Waals surface area (Å²) in [4.78, 5) is -0.747. The van der Waals surface area contributed by atoms with Crippen molar-refractivity contribution in [3.8, 4) is 0 Å². The van der Waals surface area contributed by atoms with Gasteiger partial charge in [0.2, 0.25) is 10.0 Å². The zero-order valence-corrected chi connectivity index (χ0v) is 11.4. The first-order valence-electron chi connectivity index (χ1n) is 5.78. The van der Waals surface area contributed by atoms with Gasteiger partial charge in [-0.3, -0.25) is 0 Å². The van der Waals surface area contributed by atoms with E-state index in [1.54, 1.807) is 0 Å². The number of nitrogens with two attached hydrogens (primary N) is 1. The summed E-state index contributed by atoms with van der Waals surface area (Å²) in [6.45, 7) is -0.167. The fourth-order valence-electron chi connectivity index (χ4n) is 1.61. The maximum atomic E-state index is 13.5. The molecule has 0 radical (unpaired) electrons. The first-order valence-corrected chi connectivity index (χ1v) is 7.26. The fourth-order valence-corrected chi connectivity index (χ4v) is 2.72. The number of nitrogens with one attached hydrogen (secondary N) is 1. The lowest BCUT2D eigenvalue weighted by atomic mass is 10.2. The summed E-state index contributed by atoms with van der Waals surface area (Å²) in [6, 6.07) is 6.21. The summed E-state index contributed by atoms with van der Waals surface area (Å²) in [5.74, 6) is -2.74. The maximum absolute atomic E-state index is 13.5. The topological polar surface area (TPSA) is 72.2 Å². The standard InChI is InChI=1S/C13H11F3N2O2S/c14-9-3-1-8(2-4-9)7-18-21(19,20)13-6-12(17)10(15)5-11(13)16/h1-6,18H,7,17H2. The SMILES string of the molecule is Nc1cc(S(=O)(=O)NCc2ccc(F)cc2)c(F)cc1F. The van der Waals surface area contributed by atoms with Crippen LogP contribution in [0.25, 0.3) is 0 Å². The number of hydrogen-bond donors (Lipinski definition) is 2. The molecule has 0 fully saturated rings. The second kappa shape index (κ2) is 5.74. The van der Waals surface area contributed by atoms with E-state index in [1.807, 2.05) is 0 Å². The third-order valence-electron chi connectivity index (χ3n) is 2.72. The Bertz CT molecular complexity index is 762. The molecule has 3 N–H and O–H groups in total. The monoisotopic (exact) mass is 316 g/mol. The normalized spacial score (nSPS) is 11.6. The van der Waals surface area contributed by atoms with Crippen LogP contribution in [-0.2, 0) is 16.6 Å². The predicted molar refractivity (Wildman–Crippen MR) is 71.2 cm³/mol. The minimum Gasteiger partial charge on any atom is -0.396 e. The minimum absolute atomic E-state index is 0.167. The number of halogens is 3. The predicted octanol–water partition coefficient (Wildman–Crippen LogP) is 2.16. The van der Waals surface area contributed by atoms with Crippen LogP contribution in [0.2, 0.25) is 0 Å². The van der Waals surface area contributed by atoms with Crippen molar-refractivity contribution in [1.29, 1.82) is 0 Å². The summed E-state index contributed by atoms with van der Waals surface area (Å²) in [5, 5.41) is 0. The van der Waals surface area contributed by atoms with Gasteiger partial charge in [0.1, 0.15) is 22.3 Å². The Kier molecular flexibility index (Phi) is 4.19. The van der Waals surface area contributed by atoms with Crippen molar-refractivity contribution in [2.75, 3.05) is 5.73 Å². The number of hydrogen-bond acceptors (Lipinski definition) is 3. The third kappa shape index (κ3) is 3.53. The highest BCUT2D eigenvalue weighted by Crippen LogP contribution is 2.21. The van der Waals surface area contributed by atoms with Crippen molar-refractivity contribution >= 4 is 15.7 Å². The average molecular weight is 316 g/mol. The largest absolute Gasteiger partial charge is 0.396 e. The van der Waals surface area contributed by atoms with Gasteiger partial charge in [0.15, 0.2) is 0 Å². The average Bonchev–Trinajstić information content (AvgIpc) is 2.42. The Morgan fingerprint density at radius 2 is 1.62 bits per heavy atom. The van der Waals surface area contributed by atoms with Crippen molar-refractivity contribution in [2.45, 2.75) is 11.4 Å². The highest BCUT2D eigenvalue weighted by molar-refractivity contribution is 7.89. The summed E-state index contributed by atoms with van der Waals surface area (Å²) < 4.78 is 65.3. The summed E-state index contributed by atoms with van der Waals surface area (Å²) in [7, 11) is -4.20. The molecule has 0 saturated carbocycles. The number of sulfonamides is 1. The molecule has 0 amide bonds. The molecule has 2 aromatic carbocycles.